The zero-order chi connectivity index (χ0) is 23.2. The molecule has 4 nitrogen and oxygen atoms in total. The number of unbranched alkanes of at least 4 members (excludes halogenated alkanes) is 14. The molecule has 0 atom stereocenters. The maximum Gasteiger partial charge on any atom is 0.407 e. The van der Waals surface area contributed by atoms with Crippen molar-refractivity contribution in [2.24, 2.45) is 0 Å². The van der Waals surface area contributed by atoms with Crippen molar-refractivity contribution >= 4 is 6.09 Å². The molecule has 0 spiro atoms. The smallest absolute Gasteiger partial charge is 0.407 e. The molecule has 0 aliphatic heterocycles. The van der Waals surface area contributed by atoms with E-state index in [1.165, 1.54) is 103 Å². The van der Waals surface area contributed by atoms with Gasteiger partial charge in [0.25, 0.3) is 0 Å². The predicted octanol–water partition coefficient (Wildman–Crippen LogP) is 8.09. The monoisotopic (exact) mass is 440 g/mol. The van der Waals surface area contributed by atoms with Crippen LogP contribution in [0.1, 0.15) is 137 Å². The average molecular weight is 441 g/mol. The summed E-state index contributed by atoms with van der Waals surface area (Å²) in [4.78, 5) is 14.5. The quantitative estimate of drug-likeness (QED) is 0.183. The van der Waals surface area contributed by atoms with E-state index in [2.05, 4.69) is 24.1 Å². The molecule has 0 fully saturated rings. The Labute approximate surface area is 195 Å². The van der Waals surface area contributed by atoms with Gasteiger partial charge in [0.15, 0.2) is 0 Å². The van der Waals surface area contributed by atoms with Gasteiger partial charge < -0.3 is 15.0 Å². The molecule has 0 aromatic carbocycles. The Hall–Kier alpha value is -0.770. The fourth-order valence-electron chi connectivity index (χ4n) is 3.90. The minimum atomic E-state index is -0.433. The van der Waals surface area contributed by atoms with Gasteiger partial charge in [-0.3, -0.25) is 0 Å². The summed E-state index contributed by atoms with van der Waals surface area (Å²) in [6, 6.07) is 0. The SMILES string of the molecule is CCCCCCCCCCN(CCCCCCCCCC)CCNC(=O)OC(C)(C)C. The number of hydrogen-bond acceptors (Lipinski definition) is 3. The molecule has 0 aliphatic carbocycles. The van der Waals surface area contributed by atoms with E-state index in [0.717, 1.165) is 19.6 Å². The van der Waals surface area contributed by atoms with Crippen LogP contribution in [0.25, 0.3) is 0 Å². The number of ether oxygens (including phenoxy) is 1. The van der Waals surface area contributed by atoms with Crippen molar-refractivity contribution < 1.29 is 9.53 Å². The van der Waals surface area contributed by atoms with Gasteiger partial charge in [-0.05, 0) is 46.7 Å². The van der Waals surface area contributed by atoms with Crippen LogP contribution in [-0.2, 0) is 4.74 Å². The Kier molecular flexibility index (Phi) is 20.6. The van der Waals surface area contributed by atoms with Crippen LogP contribution in [0.3, 0.4) is 0 Å². The number of carbonyl (C=O) groups excluding carboxylic acids is 1. The van der Waals surface area contributed by atoms with Crippen molar-refractivity contribution in [3.63, 3.8) is 0 Å². The van der Waals surface area contributed by atoms with Gasteiger partial charge >= 0.3 is 6.09 Å². The van der Waals surface area contributed by atoms with Crippen molar-refractivity contribution in [2.75, 3.05) is 26.2 Å². The van der Waals surface area contributed by atoms with Crippen molar-refractivity contribution in [2.45, 2.75) is 143 Å². The Morgan fingerprint density at radius 1 is 0.645 bits per heavy atom. The molecule has 1 N–H and O–H groups in total. The number of carbonyl (C=O) groups is 1. The van der Waals surface area contributed by atoms with E-state index in [0.29, 0.717) is 6.54 Å². The van der Waals surface area contributed by atoms with E-state index in [4.69, 9.17) is 4.74 Å². The van der Waals surface area contributed by atoms with E-state index in [9.17, 15) is 4.79 Å². The van der Waals surface area contributed by atoms with Crippen LogP contribution in [0.2, 0.25) is 0 Å². The predicted molar refractivity (Wildman–Crippen MR) is 136 cm³/mol. The number of alkyl carbamates (subject to hydrolysis) is 1. The first-order chi connectivity index (χ1) is 14.9. The molecule has 31 heavy (non-hydrogen) atoms. The highest BCUT2D eigenvalue weighted by molar-refractivity contribution is 5.67. The summed E-state index contributed by atoms with van der Waals surface area (Å²) >= 11 is 0. The second-order valence-corrected chi connectivity index (χ2v) is 10.2. The second kappa shape index (κ2) is 21.1. The summed E-state index contributed by atoms with van der Waals surface area (Å²) < 4.78 is 5.36. The van der Waals surface area contributed by atoms with Crippen LogP contribution >= 0.6 is 0 Å². The fourth-order valence-corrected chi connectivity index (χ4v) is 3.90. The minimum Gasteiger partial charge on any atom is -0.444 e. The van der Waals surface area contributed by atoms with Crippen LogP contribution in [-0.4, -0.2) is 42.8 Å². The van der Waals surface area contributed by atoms with Crippen molar-refractivity contribution in [1.82, 2.24) is 10.2 Å². The molecule has 0 heterocycles. The van der Waals surface area contributed by atoms with Gasteiger partial charge in [-0.1, -0.05) is 104 Å². The third kappa shape index (κ3) is 23.7. The molecule has 0 saturated heterocycles. The zero-order valence-corrected chi connectivity index (χ0v) is 21.9. The Morgan fingerprint density at radius 3 is 1.42 bits per heavy atom. The number of hydrogen-bond donors (Lipinski definition) is 1. The van der Waals surface area contributed by atoms with E-state index >= 15 is 0 Å². The Morgan fingerprint density at radius 2 is 1.03 bits per heavy atom. The first kappa shape index (κ1) is 30.2. The minimum absolute atomic E-state index is 0.299. The van der Waals surface area contributed by atoms with Crippen LogP contribution in [0, 0.1) is 0 Å². The number of nitrogens with zero attached hydrogens (tertiary/aromatic N) is 1. The fraction of sp³-hybridized carbons (Fsp3) is 0.963. The Balaban J connectivity index is 4.04. The van der Waals surface area contributed by atoms with E-state index in [-0.39, 0.29) is 6.09 Å². The second-order valence-electron chi connectivity index (χ2n) is 10.2. The molecule has 0 aromatic rings. The normalized spacial score (nSPS) is 11.8. The molecule has 1 amide bonds. The lowest BCUT2D eigenvalue weighted by atomic mass is 10.1. The summed E-state index contributed by atoms with van der Waals surface area (Å²) in [5.41, 5.74) is -0.433. The van der Waals surface area contributed by atoms with Crippen LogP contribution in [0.4, 0.5) is 4.79 Å². The van der Waals surface area contributed by atoms with Crippen molar-refractivity contribution in [1.29, 1.82) is 0 Å². The molecule has 0 bridgehead atoms. The van der Waals surface area contributed by atoms with Gasteiger partial charge in [-0.2, -0.15) is 0 Å². The molecule has 0 radical (unpaired) electrons. The van der Waals surface area contributed by atoms with E-state index in [1.807, 2.05) is 20.8 Å². The number of rotatable bonds is 21. The highest BCUT2D eigenvalue weighted by atomic mass is 16.6. The maximum absolute atomic E-state index is 11.9. The van der Waals surface area contributed by atoms with Crippen LogP contribution < -0.4 is 5.32 Å². The van der Waals surface area contributed by atoms with Gasteiger partial charge in [0.2, 0.25) is 0 Å². The van der Waals surface area contributed by atoms with E-state index in [1.54, 1.807) is 0 Å². The molecule has 0 aliphatic rings. The van der Waals surface area contributed by atoms with Crippen molar-refractivity contribution in [3.05, 3.63) is 0 Å². The van der Waals surface area contributed by atoms with E-state index < -0.39 is 5.60 Å². The molecule has 186 valence electrons. The van der Waals surface area contributed by atoms with Gasteiger partial charge in [0.05, 0.1) is 0 Å². The molecule has 0 unspecified atom stereocenters. The summed E-state index contributed by atoms with van der Waals surface area (Å²) in [6.45, 7) is 14.2. The summed E-state index contributed by atoms with van der Waals surface area (Å²) in [6.07, 6.45) is 21.4. The molecule has 4 heteroatoms. The lowest BCUT2D eigenvalue weighted by Gasteiger charge is -2.24. The van der Waals surface area contributed by atoms with Gasteiger partial charge in [-0.15, -0.1) is 0 Å². The molecule has 0 aromatic heterocycles. The molecular formula is C27H56N2O2. The standard InChI is InChI=1S/C27H56N2O2/c1-6-8-10-12-14-16-18-20-23-29(24-21-19-17-15-13-11-9-7-2)25-22-28-26(30)31-27(3,4)5/h6-25H2,1-5H3,(H,28,30). The third-order valence-electron chi connectivity index (χ3n) is 5.75. The lowest BCUT2D eigenvalue weighted by molar-refractivity contribution is 0.0522. The largest absolute Gasteiger partial charge is 0.444 e. The number of amides is 1. The van der Waals surface area contributed by atoms with Gasteiger partial charge in [0.1, 0.15) is 5.60 Å². The summed E-state index contributed by atoms with van der Waals surface area (Å²) in [7, 11) is 0. The third-order valence-corrected chi connectivity index (χ3v) is 5.75. The molecule has 0 saturated carbocycles. The highest BCUT2D eigenvalue weighted by Crippen LogP contribution is 2.11. The first-order valence-corrected chi connectivity index (χ1v) is 13.6. The summed E-state index contributed by atoms with van der Waals surface area (Å²) in [5, 5.41) is 2.93. The van der Waals surface area contributed by atoms with Gasteiger partial charge in [0, 0.05) is 13.1 Å². The number of nitrogens with one attached hydrogen (secondary N) is 1. The highest BCUT2D eigenvalue weighted by Gasteiger charge is 2.15. The summed E-state index contributed by atoms with van der Waals surface area (Å²) in [5.74, 6) is 0. The van der Waals surface area contributed by atoms with Crippen LogP contribution in [0.5, 0.6) is 0 Å². The topological polar surface area (TPSA) is 41.6 Å². The first-order valence-electron chi connectivity index (χ1n) is 13.6. The van der Waals surface area contributed by atoms with Crippen LogP contribution in [0.15, 0.2) is 0 Å². The van der Waals surface area contributed by atoms with Gasteiger partial charge in [-0.25, -0.2) is 4.79 Å². The average Bonchev–Trinajstić information content (AvgIpc) is 2.70. The zero-order valence-electron chi connectivity index (χ0n) is 21.9. The Bertz CT molecular complexity index is 373. The maximum atomic E-state index is 11.9. The molecule has 0 rings (SSSR count). The van der Waals surface area contributed by atoms with Crippen molar-refractivity contribution in [3.8, 4) is 0 Å². The molecular weight excluding hydrogens is 384 g/mol. The lowest BCUT2D eigenvalue weighted by Crippen LogP contribution is -2.38.